The van der Waals surface area contributed by atoms with Gasteiger partial charge in [0.05, 0.1) is 5.56 Å². The van der Waals surface area contributed by atoms with Crippen molar-refractivity contribution < 1.29 is 23.1 Å². The van der Waals surface area contributed by atoms with Gasteiger partial charge in [-0.2, -0.15) is 13.2 Å². The predicted molar refractivity (Wildman–Crippen MR) is 84.1 cm³/mol. The first kappa shape index (κ1) is 18.4. The summed E-state index contributed by atoms with van der Waals surface area (Å²) in [5.74, 6) is 0.279. The fourth-order valence-electron chi connectivity index (χ4n) is 3.11. The molecule has 5 nitrogen and oxygen atoms in total. The summed E-state index contributed by atoms with van der Waals surface area (Å²) in [4.78, 5) is 18.8. The molecular weight excluding hydrogens is 323 g/mol. The molecular formula is C16H22F3N3O2. The minimum atomic E-state index is -4.40. The van der Waals surface area contributed by atoms with E-state index in [1.165, 1.54) is 4.90 Å². The molecule has 2 heterocycles. The molecule has 24 heavy (non-hydrogen) atoms. The summed E-state index contributed by atoms with van der Waals surface area (Å²) in [6.07, 6.45) is -3.10. The Morgan fingerprint density at radius 2 is 1.88 bits per heavy atom. The quantitative estimate of drug-likeness (QED) is 0.885. The molecule has 0 aromatic carbocycles. The van der Waals surface area contributed by atoms with Gasteiger partial charge in [0.15, 0.2) is 0 Å². The normalized spacial score (nSPS) is 17.0. The fourth-order valence-corrected chi connectivity index (χ4v) is 3.11. The molecule has 0 unspecified atom stereocenters. The lowest BCUT2D eigenvalue weighted by Gasteiger charge is -2.43. The minimum absolute atomic E-state index is 0.149. The van der Waals surface area contributed by atoms with Crippen molar-refractivity contribution in [3.8, 4) is 0 Å². The van der Waals surface area contributed by atoms with Crippen LogP contribution < -0.4 is 4.90 Å². The van der Waals surface area contributed by atoms with Crippen LogP contribution in [0.15, 0.2) is 18.3 Å². The van der Waals surface area contributed by atoms with Gasteiger partial charge in [-0.3, -0.25) is 0 Å². The van der Waals surface area contributed by atoms with Crippen molar-refractivity contribution in [1.29, 1.82) is 0 Å². The van der Waals surface area contributed by atoms with E-state index in [4.69, 9.17) is 0 Å². The minimum Gasteiger partial charge on any atom is -0.465 e. The van der Waals surface area contributed by atoms with Gasteiger partial charge in [0.1, 0.15) is 5.82 Å². The van der Waals surface area contributed by atoms with Gasteiger partial charge in [0, 0.05) is 30.9 Å². The zero-order valence-corrected chi connectivity index (χ0v) is 14.0. The van der Waals surface area contributed by atoms with E-state index in [1.54, 1.807) is 4.90 Å². The van der Waals surface area contributed by atoms with E-state index < -0.39 is 23.4 Å². The van der Waals surface area contributed by atoms with E-state index in [2.05, 4.69) is 4.98 Å². The monoisotopic (exact) mass is 345 g/mol. The van der Waals surface area contributed by atoms with Gasteiger partial charge < -0.3 is 14.9 Å². The highest BCUT2D eigenvalue weighted by Crippen LogP contribution is 2.32. The van der Waals surface area contributed by atoms with Crippen molar-refractivity contribution in [2.75, 3.05) is 18.0 Å². The number of alkyl halides is 3. The Labute approximate surface area is 139 Å². The van der Waals surface area contributed by atoms with Crippen LogP contribution in [0.5, 0.6) is 0 Å². The second kappa shape index (κ2) is 6.49. The highest BCUT2D eigenvalue weighted by atomic mass is 19.4. The number of amides is 1. The summed E-state index contributed by atoms with van der Waals surface area (Å²) in [5.41, 5.74) is -1.25. The molecule has 8 heteroatoms. The predicted octanol–water partition coefficient (Wildman–Crippen LogP) is 3.85. The van der Waals surface area contributed by atoms with E-state index in [9.17, 15) is 23.1 Å². The average molecular weight is 345 g/mol. The third kappa shape index (κ3) is 4.10. The van der Waals surface area contributed by atoms with Crippen molar-refractivity contribution >= 4 is 11.9 Å². The molecule has 1 aliphatic heterocycles. The maximum Gasteiger partial charge on any atom is 0.416 e. The number of hydrogen-bond donors (Lipinski definition) is 1. The second-order valence-corrected chi connectivity index (χ2v) is 6.94. The van der Waals surface area contributed by atoms with Gasteiger partial charge in [0.2, 0.25) is 0 Å². The van der Waals surface area contributed by atoms with Crippen LogP contribution in [0.25, 0.3) is 0 Å². The zero-order valence-electron chi connectivity index (χ0n) is 14.0. The van der Waals surface area contributed by atoms with Gasteiger partial charge in [0.25, 0.3) is 0 Å². The number of rotatable bonds is 2. The summed E-state index contributed by atoms with van der Waals surface area (Å²) >= 11 is 0. The van der Waals surface area contributed by atoms with Crippen molar-refractivity contribution in [2.24, 2.45) is 0 Å². The Bertz CT molecular complexity index is 591. The maximum atomic E-state index is 12.8. The Balaban J connectivity index is 2.09. The molecule has 1 aliphatic rings. The third-order valence-corrected chi connectivity index (χ3v) is 4.16. The van der Waals surface area contributed by atoms with Crippen LogP contribution in [-0.4, -0.2) is 45.8 Å². The molecule has 0 aliphatic carbocycles. The van der Waals surface area contributed by atoms with Crippen molar-refractivity contribution in [1.82, 2.24) is 9.88 Å². The van der Waals surface area contributed by atoms with Crippen LogP contribution in [0.2, 0.25) is 0 Å². The Morgan fingerprint density at radius 1 is 1.29 bits per heavy atom. The van der Waals surface area contributed by atoms with E-state index in [1.807, 2.05) is 20.8 Å². The largest absolute Gasteiger partial charge is 0.465 e. The number of halogens is 3. The van der Waals surface area contributed by atoms with E-state index in [0.29, 0.717) is 25.9 Å². The summed E-state index contributed by atoms with van der Waals surface area (Å²) < 4.78 is 38.4. The number of carbonyl (C=O) groups is 1. The summed E-state index contributed by atoms with van der Waals surface area (Å²) in [6.45, 7) is 6.45. The Hall–Kier alpha value is -1.99. The van der Waals surface area contributed by atoms with Crippen LogP contribution >= 0.6 is 0 Å². The number of carboxylic acid groups (broad SMARTS) is 1. The first-order valence-corrected chi connectivity index (χ1v) is 7.80. The molecule has 0 radical (unpaired) electrons. The molecule has 134 valence electrons. The summed E-state index contributed by atoms with van der Waals surface area (Å²) in [7, 11) is 0. The van der Waals surface area contributed by atoms with Crippen LogP contribution in [-0.2, 0) is 6.18 Å². The number of anilines is 1. The summed E-state index contributed by atoms with van der Waals surface area (Å²) in [6, 6.07) is 1.84. The van der Waals surface area contributed by atoms with Gasteiger partial charge in [-0.05, 0) is 45.7 Å². The lowest BCUT2D eigenvalue weighted by molar-refractivity contribution is -0.137. The lowest BCUT2D eigenvalue weighted by Crippen LogP contribution is -2.54. The average Bonchev–Trinajstić information content (AvgIpc) is 2.45. The smallest absolute Gasteiger partial charge is 0.416 e. The number of pyridine rings is 1. The molecule has 1 amide bonds. The second-order valence-electron chi connectivity index (χ2n) is 6.94. The molecule has 2 rings (SSSR count). The number of aromatic nitrogens is 1. The first-order chi connectivity index (χ1) is 11.0. The highest BCUT2D eigenvalue weighted by molar-refractivity contribution is 5.66. The number of nitrogens with zero attached hydrogens (tertiary/aromatic N) is 3. The Kier molecular flexibility index (Phi) is 4.96. The van der Waals surface area contributed by atoms with Crippen molar-refractivity contribution in [3.63, 3.8) is 0 Å². The van der Waals surface area contributed by atoms with Crippen LogP contribution in [0.1, 0.15) is 39.2 Å². The van der Waals surface area contributed by atoms with Crippen molar-refractivity contribution in [2.45, 2.75) is 51.4 Å². The van der Waals surface area contributed by atoms with Crippen LogP contribution in [0, 0.1) is 0 Å². The molecule has 0 bridgehead atoms. The SMILES string of the molecule is CC(C)(C)N(C(=O)O)C1CCN(c2cc(C(F)(F)F)ccn2)CC1. The molecule has 1 aromatic rings. The molecule has 0 spiro atoms. The van der Waals surface area contributed by atoms with E-state index in [-0.39, 0.29) is 11.9 Å². The fraction of sp³-hybridized carbons (Fsp3) is 0.625. The number of piperidine rings is 1. The molecule has 1 saturated heterocycles. The van der Waals surface area contributed by atoms with Gasteiger partial charge in [-0.1, -0.05) is 0 Å². The molecule has 1 N–H and O–H groups in total. The molecule has 0 saturated carbocycles. The van der Waals surface area contributed by atoms with E-state index >= 15 is 0 Å². The topological polar surface area (TPSA) is 56.7 Å². The van der Waals surface area contributed by atoms with Crippen LogP contribution in [0.4, 0.5) is 23.8 Å². The number of hydrogen-bond acceptors (Lipinski definition) is 3. The van der Waals surface area contributed by atoms with E-state index in [0.717, 1.165) is 18.3 Å². The highest BCUT2D eigenvalue weighted by Gasteiger charge is 2.36. The molecule has 1 fully saturated rings. The lowest BCUT2D eigenvalue weighted by atomic mass is 9.97. The van der Waals surface area contributed by atoms with Crippen molar-refractivity contribution in [3.05, 3.63) is 23.9 Å². The standard InChI is InChI=1S/C16H22F3N3O2/c1-15(2,3)22(14(23)24)12-5-8-21(9-6-12)13-10-11(4-7-20-13)16(17,18)19/h4,7,10,12H,5-6,8-9H2,1-3H3,(H,23,24). The van der Waals surface area contributed by atoms with Gasteiger partial charge >= 0.3 is 12.3 Å². The zero-order chi connectivity index (χ0) is 18.1. The van der Waals surface area contributed by atoms with Gasteiger partial charge in [-0.15, -0.1) is 0 Å². The van der Waals surface area contributed by atoms with Crippen LogP contribution in [0.3, 0.4) is 0 Å². The first-order valence-electron chi connectivity index (χ1n) is 7.80. The van der Waals surface area contributed by atoms with Gasteiger partial charge in [-0.25, -0.2) is 9.78 Å². The maximum absolute atomic E-state index is 12.8. The summed E-state index contributed by atoms with van der Waals surface area (Å²) in [5, 5.41) is 9.44. The molecule has 1 aromatic heterocycles. The third-order valence-electron chi connectivity index (χ3n) is 4.16. The Morgan fingerprint density at radius 3 is 2.33 bits per heavy atom. The molecule has 0 atom stereocenters.